The van der Waals surface area contributed by atoms with Crippen LogP contribution in [0.5, 0.6) is 0 Å². The topological polar surface area (TPSA) is 70.7 Å². The summed E-state index contributed by atoms with van der Waals surface area (Å²) in [7, 11) is 3.25. The number of likely N-dealkylation sites (N-methyl/N-ethyl adjacent to an activating group) is 1. The van der Waals surface area contributed by atoms with Gasteiger partial charge in [-0.25, -0.2) is 0 Å². The summed E-state index contributed by atoms with van der Waals surface area (Å²) < 4.78 is 4.88. The third kappa shape index (κ3) is 10.5. The fourth-order valence-corrected chi connectivity index (χ4v) is 1.28. The van der Waals surface area contributed by atoms with Crippen molar-refractivity contribution in [3.8, 4) is 0 Å². The lowest BCUT2D eigenvalue weighted by atomic mass is 10.1. The Kier molecular flexibility index (Phi) is 8.34. The third-order valence-electron chi connectivity index (χ3n) is 2.42. The molecule has 0 radical (unpaired) electrons. The molecular formula is C13H27N3O3. The van der Waals surface area contributed by atoms with Crippen molar-refractivity contribution in [3.05, 3.63) is 0 Å². The van der Waals surface area contributed by atoms with Gasteiger partial charge in [-0.15, -0.1) is 0 Å². The minimum atomic E-state index is -0.150. The van der Waals surface area contributed by atoms with E-state index in [1.165, 1.54) is 4.90 Å². The van der Waals surface area contributed by atoms with Gasteiger partial charge in [-0.05, 0) is 27.2 Å². The van der Waals surface area contributed by atoms with Crippen LogP contribution in [0.4, 0.5) is 0 Å². The smallest absolute Gasteiger partial charge is 0.239 e. The number of amides is 2. The number of hydrogen-bond donors (Lipinski definition) is 2. The Morgan fingerprint density at radius 2 is 1.89 bits per heavy atom. The molecule has 0 fully saturated rings. The molecule has 112 valence electrons. The van der Waals surface area contributed by atoms with E-state index >= 15 is 0 Å². The van der Waals surface area contributed by atoms with Gasteiger partial charge in [0.25, 0.3) is 0 Å². The van der Waals surface area contributed by atoms with E-state index < -0.39 is 0 Å². The maximum absolute atomic E-state index is 11.8. The van der Waals surface area contributed by atoms with E-state index in [1.807, 2.05) is 20.8 Å². The van der Waals surface area contributed by atoms with E-state index in [0.717, 1.165) is 6.42 Å². The van der Waals surface area contributed by atoms with Gasteiger partial charge in [-0.2, -0.15) is 0 Å². The monoisotopic (exact) mass is 273 g/mol. The molecule has 0 rings (SSSR count). The molecule has 0 atom stereocenters. The first-order chi connectivity index (χ1) is 8.76. The van der Waals surface area contributed by atoms with Gasteiger partial charge in [0.15, 0.2) is 0 Å². The second-order valence-corrected chi connectivity index (χ2v) is 5.55. The first-order valence-corrected chi connectivity index (χ1v) is 6.51. The Balaban J connectivity index is 3.85. The molecule has 2 amide bonds. The fraction of sp³-hybridized carbons (Fsp3) is 0.846. The quantitative estimate of drug-likeness (QED) is 0.610. The molecule has 0 aliphatic rings. The average molecular weight is 273 g/mol. The number of hydrogen-bond acceptors (Lipinski definition) is 4. The number of nitrogens with one attached hydrogen (secondary N) is 2. The molecule has 0 aliphatic carbocycles. The van der Waals surface area contributed by atoms with Crippen molar-refractivity contribution < 1.29 is 14.3 Å². The van der Waals surface area contributed by atoms with Crippen molar-refractivity contribution >= 4 is 11.8 Å². The predicted molar refractivity (Wildman–Crippen MR) is 74.9 cm³/mol. The second-order valence-electron chi connectivity index (χ2n) is 5.55. The maximum Gasteiger partial charge on any atom is 0.239 e. The second kappa shape index (κ2) is 8.87. The Labute approximate surface area is 115 Å². The van der Waals surface area contributed by atoms with Gasteiger partial charge in [0.1, 0.15) is 0 Å². The zero-order chi connectivity index (χ0) is 14.9. The van der Waals surface area contributed by atoms with Crippen LogP contribution in [0.15, 0.2) is 0 Å². The van der Waals surface area contributed by atoms with Crippen molar-refractivity contribution in [2.45, 2.75) is 32.7 Å². The van der Waals surface area contributed by atoms with E-state index in [9.17, 15) is 9.59 Å². The van der Waals surface area contributed by atoms with Crippen molar-refractivity contribution in [2.75, 3.05) is 40.4 Å². The lowest BCUT2D eigenvalue weighted by Crippen LogP contribution is -2.46. The fourth-order valence-electron chi connectivity index (χ4n) is 1.28. The minimum absolute atomic E-state index is 0.0810. The molecule has 0 saturated carbocycles. The summed E-state index contributed by atoms with van der Waals surface area (Å²) in [6.45, 7) is 7.46. The molecular weight excluding hydrogens is 246 g/mol. The van der Waals surface area contributed by atoms with Crippen LogP contribution in [-0.4, -0.2) is 62.7 Å². The van der Waals surface area contributed by atoms with E-state index in [-0.39, 0.29) is 30.4 Å². The summed E-state index contributed by atoms with van der Waals surface area (Å²) in [5.74, 6) is -0.246. The lowest BCUT2D eigenvalue weighted by molar-refractivity contribution is -0.134. The molecule has 19 heavy (non-hydrogen) atoms. The zero-order valence-electron chi connectivity index (χ0n) is 12.7. The van der Waals surface area contributed by atoms with Gasteiger partial charge >= 0.3 is 0 Å². The number of rotatable bonds is 8. The number of ether oxygens (including phenoxy) is 1. The highest BCUT2D eigenvalue weighted by atomic mass is 16.5. The minimum Gasteiger partial charge on any atom is -0.385 e. The van der Waals surface area contributed by atoms with E-state index in [4.69, 9.17) is 4.74 Å². The van der Waals surface area contributed by atoms with Gasteiger partial charge < -0.3 is 20.3 Å². The third-order valence-corrected chi connectivity index (χ3v) is 2.42. The van der Waals surface area contributed by atoms with Crippen LogP contribution in [0.3, 0.4) is 0 Å². The summed E-state index contributed by atoms with van der Waals surface area (Å²) in [5.41, 5.74) is -0.112. The largest absolute Gasteiger partial charge is 0.385 e. The molecule has 0 aromatic heterocycles. The average Bonchev–Trinajstić information content (AvgIpc) is 2.30. The Morgan fingerprint density at radius 1 is 1.26 bits per heavy atom. The predicted octanol–water partition coefficient (Wildman–Crippen LogP) is -0.0144. The number of carbonyl (C=O) groups is 2. The summed E-state index contributed by atoms with van der Waals surface area (Å²) in [5, 5.41) is 5.84. The van der Waals surface area contributed by atoms with Gasteiger partial charge in [0.2, 0.25) is 11.8 Å². The van der Waals surface area contributed by atoms with Gasteiger partial charge in [-0.3, -0.25) is 9.59 Å². The molecule has 6 nitrogen and oxygen atoms in total. The van der Waals surface area contributed by atoms with Gasteiger partial charge in [0.05, 0.1) is 13.1 Å². The molecule has 6 heteroatoms. The SMILES string of the molecule is COCCCNC(=O)CN(C)C(=O)CNC(C)(C)C. The highest BCUT2D eigenvalue weighted by molar-refractivity contribution is 5.85. The van der Waals surface area contributed by atoms with Crippen molar-refractivity contribution in [1.82, 2.24) is 15.5 Å². The normalized spacial score (nSPS) is 11.2. The van der Waals surface area contributed by atoms with Crippen LogP contribution in [0.1, 0.15) is 27.2 Å². The first-order valence-electron chi connectivity index (χ1n) is 6.51. The number of nitrogens with zero attached hydrogens (tertiary/aromatic N) is 1. The van der Waals surface area contributed by atoms with Crippen LogP contribution < -0.4 is 10.6 Å². The van der Waals surface area contributed by atoms with Gasteiger partial charge in [-0.1, -0.05) is 0 Å². The lowest BCUT2D eigenvalue weighted by Gasteiger charge is -2.23. The van der Waals surface area contributed by atoms with Crippen LogP contribution in [0.2, 0.25) is 0 Å². The Bertz CT molecular complexity index is 287. The number of carbonyl (C=O) groups excluding carboxylic acids is 2. The van der Waals surface area contributed by atoms with Crippen molar-refractivity contribution in [3.63, 3.8) is 0 Å². The van der Waals surface area contributed by atoms with Crippen LogP contribution >= 0.6 is 0 Å². The highest BCUT2D eigenvalue weighted by Gasteiger charge is 2.15. The standard InChI is InChI=1S/C13H27N3O3/c1-13(2,3)15-9-12(18)16(4)10-11(17)14-7-6-8-19-5/h15H,6-10H2,1-5H3,(H,14,17). The summed E-state index contributed by atoms with van der Waals surface area (Å²) >= 11 is 0. The van der Waals surface area contributed by atoms with Crippen LogP contribution in [-0.2, 0) is 14.3 Å². The van der Waals surface area contributed by atoms with Crippen LogP contribution in [0, 0.1) is 0 Å². The molecule has 0 unspecified atom stereocenters. The summed E-state index contributed by atoms with van der Waals surface area (Å²) in [6.07, 6.45) is 0.769. The maximum atomic E-state index is 11.8. The van der Waals surface area contributed by atoms with Crippen molar-refractivity contribution in [1.29, 1.82) is 0 Å². The molecule has 0 aromatic rings. The molecule has 0 spiro atoms. The molecule has 0 bridgehead atoms. The zero-order valence-corrected chi connectivity index (χ0v) is 12.7. The highest BCUT2D eigenvalue weighted by Crippen LogP contribution is 1.97. The Hall–Kier alpha value is -1.14. The molecule has 2 N–H and O–H groups in total. The molecule has 0 saturated heterocycles. The van der Waals surface area contributed by atoms with E-state index in [0.29, 0.717) is 13.2 Å². The van der Waals surface area contributed by atoms with Crippen LogP contribution in [0.25, 0.3) is 0 Å². The van der Waals surface area contributed by atoms with E-state index in [1.54, 1.807) is 14.2 Å². The van der Waals surface area contributed by atoms with E-state index in [2.05, 4.69) is 10.6 Å². The molecule has 0 aromatic carbocycles. The number of methoxy groups -OCH3 is 1. The Morgan fingerprint density at radius 3 is 2.42 bits per heavy atom. The van der Waals surface area contributed by atoms with Gasteiger partial charge in [0, 0.05) is 32.8 Å². The summed E-state index contributed by atoms with van der Waals surface area (Å²) in [4.78, 5) is 24.7. The first kappa shape index (κ1) is 17.9. The van der Waals surface area contributed by atoms with Crippen molar-refractivity contribution in [2.24, 2.45) is 0 Å². The molecule has 0 heterocycles. The summed E-state index contributed by atoms with van der Waals surface area (Å²) in [6, 6.07) is 0. The molecule has 0 aliphatic heterocycles.